The van der Waals surface area contributed by atoms with Gasteiger partial charge < -0.3 is 15.4 Å². The maximum atomic E-state index is 12.0. The minimum absolute atomic E-state index is 0. The molecule has 1 atom stereocenters. The number of hydrogen-bond acceptors (Lipinski definition) is 4. The van der Waals surface area contributed by atoms with Crippen molar-refractivity contribution in [3.8, 4) is 0 Å². The van der Waals surface area contributed by atoms with Crippen LogP contribution in [0.2, 0.25) is 0 Å². The molecule has 1 rings (SSSR count). The molecule has 1 fully saturated rings. The van der Waals surface area contributed by atoms with Gasteiger partial charge in [-0.05, 0) is 40.0 Å². The highest BCUT2D eigenvalue weighted by Crippen LogP contribution is 2.11. The molecule has 1 aliphatic rings. The van der Waals surface area contributed by atoms with Gasteiger partial charge in [0, 0.05) is 25.7 Å². The molecule has 0 spiro atoms. The van der Waals surface area contributed by atoms with Gasteiger partial charge in [0.1, 0.15) is 0 Å². The van der Waals surface area contributed by atoms with E-state index in [1.165, 1.54) is 0 Å². The van der Waals surface area contributed by atoms with Crippen molar-refractivity contribution in [2.45, 2.75) is 52.2 Å². The molecular formula is C14H31IN4O3S. The number of sulfonamides is 1. The van der Waals surface area contributed by atoms with E-state index in [0.29, 0.717) is 12.5 Å². The first-order chi connectivity index (χ1) is 10.4. The minimum Gasteiger partial charge on any atom is -0.377 e. The van der Waals surface area contributed by atoms with Gasteiger partial charge in [0.05, 0.1) is 18.4 Å². The molecule has 1 saturated heterocycles. The molecule has 0 aromatic carbocycles. The molecule has 138 valence electrons. The van der Waals surface area contributed by atoms with Crippen LogP contribution in [0.4, 0.5) is 0 Å². The second-order valence-electron chi connectivity index (χ2n) is 5.72. The molecule has 1 unspecified atom stereocenters. The van der Waals surface area contributed by atoms with Crippen LogP contribution in [0.5, 0.6) is 0 Å². The quantitative estimate of drug-likeness (QED) is 0.285. The fraction of sp³-hybridized carbons (Fsp3) is 0.929. The third kappa shape index (κ3) is 11.1. The first-order valence-electron chi connectivity index (χ1n) is 8.06. The number of hydrogen-bond donors (Lipinski definition) is 3. The summed E-state index contributed by atoms with van der Waals surface area (Å²) in [4.78, 5) is 4.28. The van der Waals surface area contributed by atoms with Gasteiger partial charge in [0.25, 0.3) is 0 Å². The van der Waals surface area contributed by atoms with Crippen molar-refractivity contribution < 1.29 is 13.2 Å². The third-order valence-electron chi connectivity index (χ3n) is 3.20. The minimum atomic E-state index is -3.31. The second-order valence-corrected chi connectivity index (χ2v) is 7.64. The Morgan fingerprint density at radius 1 is 1.35 bits per heavy atom. The van der Waals surface area contributed by atoms with Crippen molar-refractivity contribution in [1.29, 1.82) is 0 Å². The Kier molecular flexibility index (Phi) is 12.2. The third-order valence-corrected chi connectivity index (χ3v) is 4.53. The summed E-state index contributed by atoms with van der Waals surface area (Å²) in [5.41, 5.74) is 0. The molecule has 23 heavy (non-hydrogen) atoms. The summed E-state index contributed by atoms with van der Waals surface area (Å²) in [5, 5.41) is 6.24. The molecule has 0 amide bonds. The zero-order valence-corrected chi connectivity index (χ0v) is 17.4. The summed E-state index contributed by atoms with van der Waals surface area (Å²) in [6.07, 6.45) is 3.09. The Balaban J connectivity index is 0.00000484. The highest BCUT2D eigenvalue weighted by atomic mass is 127. The van der Waals surface area contributed by atoms with Gasteiger partial charge in [-0.25, -0.2) is 13.1 Å². The molecule has 0 bridgehead atoms. The molecule has 0 aromatic rings. The van der Waals surface area contributed by atoms with E-state index in [9.17, 15) is 8.42 Å². The Morgan fingerprint density at radius 2 is 2.09 bits per heavy atom. The second kappa shape index (κ2) is 12.3. The van der Waals surface area contributed by atoms with Crippen LogP contribution in [0.3, 0.4) is 0 Å². The average Bonchev–Trinajstić information content (AvgIpc) is 2.46. The average molecular weight is 462 g/mol. The van der Waals surface area contributed by atoms with Gasteiger partial charge in [0.15, 0.2) is 5.96 Å². The molecule has 0 radical (unpaired) electrons. The Morgan fingerprint density at radius 3 is 2.65 bits per heavy atom. The van der Waals surface area contributed by atoms with E-state index in [0.717, 1.165) is 32.4 Å². The van der Waals surface area contributed by atoms with Crippen molar-refractivity contribution in [3.05, 3.63) is 0 Å². The molecule has 0 aliphatic carbocycles. The van der Waals surface area contributed by atoms with Crippen LogP contribution in [-0.4, -0.2) is 58.5 Å². The fourth-order valence-electron chi connectivity index (χ4n) is 2.13. The van der Waals surface area contributed by atoms with Crippen molar-refractivity contribution in [1.82, 2.24) is 15.4 Å². The molecule has 9 heteroatoms. The fourth-order valence-corrected chi connectivity index (χ4v) is 3.05. The largest absolute Gasteiger partial charge is 0.377 e. The number of rotatable bonds is 8. The first-order valence-corrected chi connectivity index (χ1v) is 9.72. The van der Waals surface area contributed by atoms with Crippen LogP contribution in [0.15, 0.2) is 4.99 Å². The number of nitrogens with zero attached hydrogens (tertiary/aromatic N) is 1. The van der Waals surface area contributed by atoms with E-state index in [1.807, 2.05) is 20.8 Å². The molecule has 0 saturated carbocycles. The molecule has 3 N–H and O–H groups in total. The van der Waals surface area contributed by atoms with Gasteiger partial charge in [0.2, 0.25) is 10.0 Å². The lowest BCUT2D eigenvalue weighted by molar-refractivity contribution is 0.0200. The summed E-state index contributed by atoms with van der Waals surface area (Å²) < 4.78 is 32.0. The molecular weight excluding hydrogens is 431 g/mol. The Hall–Kier alpha value is -0.130. The zero-order chi connectivity index (χ0) is 16.4. The van der Waals surface area contributed by atoms with E-state index in [4.69, 9.17) is 4.74 Å². The van der Waals surface area contributed by atoms with Gasteiger partial charge in [-0.15, -0.1) is 24.0 Å². The number of nitrogens with one attached hydrogen (secondary N) is 3. The molecule has 1 heterocycles. The predicted octanol–water partition coefficient (Wildman–Crippen LogP) is 1.06. The van der Waals surface area contributed by atoms with Gasteiger partial charge in [-0.1, -0.05) is 0 Å². The molecule has 7 nitrogen and oxygen atoms in total. The predicted molar refractivity (Wildman–Crippen MR) is 105 cm³/mol. The summed E-state index contributed by atoms with van der Waals surface area (Å²) >= 11 is 0. The summed E-state index contributed by atoms with van der Waals surface area (Å²) in [6, 6.07) is 0.246. The van der Waals surface area contributed by atoms with Crippen LogP contribution >= 0.6 is 24.0 Å². The highest BCUT2D eigenvalue weighted by molar-refractivity contribution is 14.0. The maximum absolute atomic E-state index is 12.0. The standard InChI is InChI=1S/C14H30N4O3S.HI/c1-4-15-14(18-12(2)3)16-8-10-22(19,20)17-11-13-7-5-6-9-21-13;/h12-13,17H,4-11H2,1-3H3,(H2,15,16,18);1H. The van der Waals surface area contributed by atoms with Crippen molar-refractivity contribution in [2.75, 3.05) is 32.0 Å². The van der Waals surface area contributed by atoms with Crippen molar-refractivity contribution in [2.24, 2.45) is 4.99 Å². The maximum Gasteiger partial charge on any atom is 0.213 e. The monoisotopic (exact) mass is 462 g/mol. The van der Waals surface area contributed by atoms with E-state index in [1.54, 1.807) is 0 Å². The number of guanidine groups is 1. The lowest BCUT2D eigenvalue weighted by Crippen LogP contribution is -2.41. The van der Waals surface area contributed by atoms with Gasteiger partial charge >= 0.3 is 0 Å². The summed E-state index contributed by atoms with van der Waals surface area (Å²) in [5.74, 6) is 0.623. The van der Waals surface area contributed by atoms with E-state index in [-0.39, 0.29) is 48.4 Å². The van der Waals surface area contributed by atoms with Gasteiger partial charge in [-0.3, -0.25) is 4.99 Å². The lowest BCUT2D eigenvalue weighted by atomic mass is 10.1. The molecule has 1 aliphatic heterocycles. The molecule has 0 aromatic heterocycles. The topological polar surface area (TPSA) is 91.8 Å². The first kappa shape index (κ1) is 22.9. The van der Waals surface area contributed by atoms with Crippen LogP contribution in [-0.2, 0) is 14.8 Å². The summed E-state index contributed by atoms with van der Waals surface area (Å²) in [6.45, 7) is 8.04. The van der Waals surface area contributed by atoms with E-state index >= 15 is 0 Å². The normalized spacial score (nSPS) is 19.3. The SMILES string of the molecule is CCNC(=NCCS(=O)(=O)NCC1CCCCO1)NC(C)C.I. The van der Waals surface area contributed by atoms with Crippen LogP contribution in [0.25, 0.3) is 0 Å². The summed E-state index contributed by atoms with van der Waals surface area (Å²) in [7, 11) is -3.31. The zero-order valence-electron chi connectivity index (χ0n) is 14.3. The Labute approximate surface area is 157 Å². The van der Waals surface area contributed by atoms with Crippen molar-refractivity contribution in [3.63, 3.8) is 0 Å². The van der Waals surface area contributed by atoms with Crippen LogP contribution < -0.4 is 15.4 Å². The van der Waals surface area contributed by atoms with Gasteiger partial charge in [-0.2, -0.15) is 0 Å². The van der Waals surface area contributed by atoms with Crippen LogP contribution in [0, 0.1) is 0 Å². The lowest BCUT2D eigenvalue weighted by Gasteiger charge is -2.22. The van der Waals surface area contributed by atoms with Crippen molar-refractivity contribution >= 4 is 40.0 Å². The van der Waals surface area contributed by atoms with Crippen LogP contribution in [0.1, 0.15) is 40.0 Å². The number of halogens is 1. The Bertz CT molecular complexity index is 437. The number of aliphatic imine (C=N–C) groups is 1. The smallest absolute Gasteiger partial charge is 0.213 e. The van der Waals surface area contributed by atoms with E-state index in [2.05, 4.69) is 20.3 Å². The van der Waals surface area contributed by atoms with E-state index < -0.39 is 10.0 Å². The number of ether oxygens (including phenoxy) is 1. The highest BCUT2D eigenvalue weighted by Gasteiger charge is 2.17.